The second kappa shape index (κ2) is 4.73. The smallest absolute Gasteiger partial charge is 0.325 e. The van der Waals surface area contributed by atoms with Gasteiger partial charge in [-0.2, -0.15) is 0 Å². The lowest BCUT2D eigenvalue weighted by Crippen LogP contribution is -2.57. The quantitative estimate of drug-likeness (QED) is 0.695. The zero-order valence-corrected chi connectivity index (χ0v) is 11.1. The molecule has 1 saturated heterocycles. The zero-order valence-electron chi connectivity index (χ0n) is 11.1. The molecule has 2 rings (SSSR count). The first kappa shape index (κ1) is 14.2. The highest BCUT2D eigenvalue weighted by molar-refractivity contribution is 5.77. The van der Waals surface area contributed by atoms with Gasteiger partial charge in [0.25, 0.3) is 0 Å². The highest BCUT2D eigenvalue weighted by Crippen LogP contribution is 2.42. The maximum Gasteiger partial charge on any atom is 0.325 e. The number of ether oxygens (including phenoxy) is 1. The van der Waals surface area contributed by atoms with Crippen LogP contribution in [0.15, 0.2) is 12.3 Å². The fraction of sp³-hybridized carbons (Fsp3) is 0.750. The number of aliphatic hydroxyl groups is 1. The van der Waals surface area contributed by atoms with E-state index in [4.69, 9.17) is 10.5 Å². The minimum atomic E-state index is -1.31. The summed E-state index contributed by atoms with van der Waals surface area (Å²) >= 11 is 0. The molecule has 0 radical (unpaired) electrons. The van der Waals surface area contributed by atoms with E-state index in [1.165, 1.54) is 11.1 Å². The minimum absolute atomic E-state index is 0.140. The van der Waals surface area contributed by atoms with Crippen LogP contribution in [0, 0.1) is 0 Å². The van der Waals surface area contributed by atoms with Gasteiger partial charge in [0.2, 0.25) is 0 Å². The summed E-state index contributed by atoms with van der Waals surface area (Å²) in [6.07, 6.45) is 2.12. The highest BCUT2D eigenvalue weighted by atomic mass is 19.1. The molecule has 0 aromatic rings. The summed E-state index contributed by atoms with van der Waals surface area (Å²) < 4.78 is 18.9. The number of nitrogens with one attached hydrogen (secondary N) is 1. The van der Waals surface area contributed by atoms with Crippen molar-refractivity contribution in [3.63, 3.8) is 0 Å². The van der Waals surface area contributed by atoms with Gasteiger partial charge in [-0.05, 0) is 19.4 Å². The standard InChI is InChI=1S/C12H20FN3O3/c1-3-12(7-13)6-11(2,18)9(19-12)16-5-4-8(14)15-10(16)17/h4-5,8-9,18H,3,6-7,14H2,1-2H3,(H,15,17)/t8?,9-,11-,12-/m1/s1. The molecule has 0 aliphatic carbocycles. The SMILES string of the molecule is CC[C@]1(CF)C[C@@](C)(O)[C@H](N2C=CC(N)NC2=O)O1. The number of urea groups is 1. The summed E-state index contributed by atoms with van der Waals surface area (Å²) in [5, 5.41) is 12.9. The van der Waals surface area contributed by atoms with Crippen LogP contribution in [0.3, 0.4) is 0 Å². The fourth-order valence-electron chi connectivity index (χ4n) is 2.59. The van der Waals surface area contributed by atoms with Crippen LogP contribution in [0.5, 0.6) is 0 Å². The number of alkyl halides is 1. The maximum absolute atomic E-state index is 13.2. The Morgan fingerprint density at radius 3 is 2.89 bits per heavy atom. The molecular formula is C12H20FN3O3. The van der Waals surface area contributed by atoms with Crippen molar-refractivity contribution in [1.82, 2.24) is 10.2 Å². The molecule has 0 bridgehead atoms. The number of nitrogens with two attached hydrogens (primary N) is 1. The molecule has 0 aromatic carbocycles. The topological polar surface area (TPSA) is 87.8 Å². The van der Waals surface area contributed by atoms with Gasteiger partial charge in [-0.25, -0.2) is 9.18 Å². The van der Waals surface area contributed by atoms with Gasteiger partial charge >= 0.3 is 6.03 Å². The van der Waals surface area contributed by atoms with E-state index in [9.17, 15) is 14.3 Å². The average Bonchev–Trinajstić information content (AvgIpc) is 2.62. The maximum atomic E-state index is 13.2. The summed E-state index contributed by atoms with van der Waals surface area (Å²) in [6.45, 7) is 2.63. The third-order valence-electron chi connectivity index (χ3n) is 3.69. The van der Waals surface area contributed by atoms with Gasteiger partial charge in [-0.3, -0.25) is 4.90 Å². The largest absolute Gasteiger partial charge is 0.385 e. The van der Waals surface area contributed by atoms with E-state index in [2.05, 4.69) is 5.32 Å². The summed E-state index contributed by atoms with van der Waals surface area (Å²) in [6, 6.07) is -0.467. The minimum Gasteiger partial charge on any atom is -0.385 e. The molecule has 2 aliphatic rings. The van der Waals surface area contributed by atoms with Crippen LogP contribution in [0.4, 0.5) is 9.18 Å². The van der Waals surface area contributed by atoms with Gasteiger partial charge in [-0.15, -0.1) is 0 Å². The van der Waals surface area contributed by atoms with Crippen molar-refractivity contribution in [2.24, 2.45) is 5.73 Å². The van der Waals surface area contributed by atoms with E-state index >= 15 is 0 Å². The van der Waals surface area contributed by atoms with E-state index < -0.39 is 36.3 Å². The average molecular weight is 273 g/mol. The van der Waals surface area contributed by atoms with Crippen LogP contribution in [0.2, 0.25) is 0 Å². The number of hydrogen-bond acceptors (Lipinski definition) is 4. The Morgan fingerprint density at radius 1 is 1.74 bits per heavy atom. The van der Waals surface area contributed by atoms with Crippen LogP contribution < -0.4 is 11.1 Å². The summed E-state index contributed by atoms with van der Waals surface area (Å²) in [5.41, 5.74) is 3.20. The summed E-state index contributed by atoms with van der Waals surface area (Å²) in [7, 11) is 0. The molecular weight excluding hydrogens is 253 g/mol. The number of halogens is 1. The molecule has 0 spiro atoms. The van der Waals surface area contributed by atoms with Gasteiger partial charge in [0.1, 0.15) is 17.9 Å². The Morgan fingerprint density at radius 2 is 2.42 bits per heavy atom. The fourth-order valence-corrected chi connectivity index (χ4v) is 2.59. The first-order valence-electron chi connectivity index (χ1n) is 6.32. The lowest BCUT2D eigenvalue weighted by atomic mass is 9.90. The van der Waals surface area contributed by atoms with Gasteiger partial charge in [0.05, 0.1) is 6.17 Å². The van der Waals surface area contributed by atoms with Crippen molar-refractivity contribution >= 4 is 6.03 Å². The lowest BCUT2D eigenvalue weighted by molar-refractivity contribution is -0.127. The number of carbonyl (C=O) groups excluding carboxylic acids is 1. The zero-order chi connectivity index (χ0) is 14.3. The summed E-state index contributed by atoms with van der Waals surface area (Å²) in [4.78, 5) is 13.1. The molecule has 2 heterocycles. The van der Waals surface area contributed by atoms with Crippen molar-refractivity contribution in [2.45, 2.75) is 50.3 Å². The Kier molecular flexibility index (Phi) is 3.55. The van der Waals surface area contributed by atoms with Crippen molar-refractivity contribution in [3.8, 4) is 0 Å². The predicted molar refractivity (Wildman–Crippen MR) is 66.6 cm³/mol. The van der Waals surface area contributed by atoms with Crippen LogP contribution in [-0.4, -0.2) is 46.3 Å². The molecule has 0 aromatic heterocycles. The van der Waals surface area contributed by atoms with E-state index in [1.807, 2.05) is 0 Å². The molecule has 4 atom stereocenters. The molecule has 1 unspecified atom stereocenters. The third-order valence-corrected chi connectivity index (χ3v) is 3.69. The Hall–Kier alpha value is -1.18. The van der Waals surface area contributed by atoms with Crippen molar-refractivity contribution in [3.05, 3.63) is 12.3 Å². The van der Waals surface area contributed by atoms with Crippen molar-refractivity contribution in [2.75, 3.05) is 6.67 Å². The molecule has 2 aliphatic heterocycles. The predicted octanol–water partition coefficient (Wildman–Crippen LogP) is 0.426. The lowest BCUT2D eigenvalue weighted by Gasteiger charge is -2.35. The summed E-state index contributed by atoms with van der Waals surface area (Å²) in [5.74, 6) is 0. The Bertz CT molecular complexity index is 396. The second-order valence-electron chi connectivity index (χ2n) is 5.40. The van der Waals surface area contributed by atoms with Crippen LogP contribution in [0.25, 0.3) is 0 Å². The van der Waals surface area contributed by atoms with Gasteiger partial charge in [0, 0.05) is 12.6 Å². The van der Waals surface area contributed by atoms with Gasteiger partial charge in [0.15, 0.2) is 6.23 Å². The second-order valence-corrected chi connectivity index (χ2v) is 5.40. The van der Waals surface area contributed by atoms with Gasteiger partial charge < -0.3 is 20.9 Å². The highest BCUT2D eigenvalue weighted by Gasteiger charge is 2.55. The molecule has 7 heteroatoms. The molecule has 4 N–H and O–H groups in total. The van der Waals surface area contributed by atoms with Crippen LogP contribution >= 0.6 is 0 Å². The molecule has 1 fully saturated rings. The van der Waals surface area contributed by atoms with Crippen LogP contribution in [0.1, 0.15) is 26.7 Å². The molecule has 108 valence electrons. The number of carbonyl (C=O) groups is 1. The normalized spacial score (nSPS) is 42.6. The molecule has 19 heavy (non-hydrogen) atoms. The molecule has 6 nitrogen and oxygen atoms in total. The van der Waals surface area contributed by atoms with E-state index in [1.54, 1.807) is 19.9 Å². The van der Waals surface area contributed by atoms with Gasteiger partial charge in [-0.1, -0.05) is 6.92 Å². The van der Waals surface area contributed by atoms with E-state index in [0.717, 1.165) is 0 Å². The Labute approximate surface area is 111 Å². The van der Waals surface area contributed by atoms with Crippen LogP contribution in [-0.2, 0) is 4.74 Å². The monoisotopic (exact) mass is 273 g/mol. The number of amides is 2. The molecule has 2 amide bonds. The first-order chi connectivity index (χ1) is 8.83. The number of nitrogens with zero attached hydrogens (tertiary/aromatic N) is 1. The third kappa shape index (κ3) is 2.45. The number of hydrogen-bond donors (Lipinski definition) is 3. The Balaban J connectivity index is 2.25. The van der Waals surface area contributed by atoms with Crippen molar-refractivity contribution in [1.29, 1.82) is 0 Å². The number of rotatable bonds is 3. The van der Waals surface area contributed by atoms with E-state index in [0.29, 0.717) is 6.42 Å². The first-order valence-corrected chi connectivity index (χ1v) is 6.32. The van der Waals surface area contributed by atoms with E-state index in [-0.39, 0.29) is 6.42 Å². The molecule has 0 saturated carbocycles. The van der Waals surface area contributed by atoms with Crippen molar-refractivity contribution < 1.29 is 19.0 Å².